The summed E-state index contributed by atoms with van der Waals surface area (Å²) in [7, 11) is 0. The molecule has 1 aromatic heterocycles. The van der Waals surface area contributed by atoms with Crippen LogP contribution in [0.3, 0.4) is 0 Å². The van der Waals surface area contributed by atoms with Crippen LogP contribution in [-0.2, 0) is 6.18 Å². The lowest BCUT2D eigenvalue weighted by Gasteiger charge is -2.10. The molecule has 2 aromatic rings. The number of halogens is 3. The van der Waals surface area contributed by atoms with Crippen molar-refractivity contribution in [3.05, 3.63) is 41.7 Å². The number of rotatable bonds is 2. The van der Waals surface area contributed by atoms with E-state index in [-0.39, 0.29) is 5.69 Å². The quantitative estimate of drug-likeness (QED) is 0.848. The molecular weight excluding hydrogens is 255 g/mol. The van der Waals surface area contributed by atoms with Crippen LogP contribution in [0.2, 0.25) is 0 Å². The van der Waals surface area contributed by atoms with Gasteiger partial charge in [0, 0.05) is 17.8 Å². The van der Waals surface area contributed by atoms with Gasteiger partial charge in [-0.15, -0.1) is 0 Å². The molecule has 3 rings (SSSR count). The predicted octanol–water partition coefficient (Wildman–Crippen LogP) is 3.35. The summed E-state index contributed by atoms with van der Waals surface area (Å²) in [5.41, 5.74) is 6.11. The summed E-state index contributed by atoms with van der Waals surface area (Å²) < 4.78 is 39.6. The van der Waals surface area contributed by atoms with Crippen molar-refractivity contribution in [3.8, 4) is 5.69 Å². The Balaban J connectivity index is 2.01. The smallest absolute Gasteiger partial charge is 0.399 e. The molecule has 100 valence electrons. The molecule has 1 saturated carbocycles. The van der Waals surface area contributed by atoms with Crippen molar-refractivity contribution in [2.45, 2.75) is 24.9 Å². The largest absolute Gasteiger partial charge is 0.416 e. The van der Waals surface area contributed by atoms with Gasteiger partial charge in [0.1, 0.15) is 0 Å². The van der Waals surface area contributed by atoms with E-state index in [9.17, 15) is 13.2 Å². The van der Waals surface area contributed by atoms with Crippen LogP contribution in [0.15, 0.2) is 30.5 Å². The fourth-order valence-corrected chi connectivity index (χ4v) is 2.01. The first-order valence-corrected chi connectivity index (χ1v) is 5.97. The molecule has 0 aliphatic heterocycles. The van der Waals surface area contributed by atoms with Crippen molar-refractivity contribution >= 4 is 5.69 Å². The number of anilines is 1. The molecule has 3 nitrogen and oxygen atoms in total. The predicted molar refractivity (Wildman–Crippen MR) is 65.0 cm³/mol. The normalized spacial score (nSPS) is 15.7. The highest BCUT2D eigenvalue weighted by molar-refractivity contribution is 5.51. The third-order valence-corrected chi connectivity index (χ3v) is 3.14. The average molecular weight is 267 g/mol. The third kappa shape index (κ3) is 2.43. The highest BCUT2D eigenvalue weighted by Crippen LogP contribution is 2.39. The van der Waals surface area contributed by atoms with Crippen LogP contribution in [0.25, 0.3) is 5.69 Å². The van der Waals surface area contributed by atoms with Crippen LogP contribution in [0.5, 0.6) is 0 Å². The van der Waals surface area contributed by atoms with Crippen molar-refractivity contribution in [1.29, 1.82) is 0 Å². The van der Waals surface area contributed by atoms with Crippen molar-refractivity contribution in [3.63, 3.8) is 0 Å². The summed E-state index contributed by atoms with van der Waals surface area (Å²) >= 11 is 0. The minimum Gasteiger partial charge on any atom is -0.399 e. The van der Waals surface area contributed by atoms with Crippen molar-refractivity contribution in [2.75, 3.05) is 5.73 Å². The minimum absolute atomic E-state index is 0.0771. The van der Waals surface area contributed by atoms with Gasteiger partial charge in [0.15, 0.2) is 0 Å². The van der Waals surface area contributed by atoms with Crippen LogP contribution in [0.1, 0.15) is 30.0 Å². The minimum atomic E-state index is -4.41. The van der Waals surface area contributed by atoms with E-state index in [0.717, 1.165) is 30.7 Å². The second kappa shape index (κ2) is 4.01. The van der Waals surface area contributed by atoms with Gasteiger partial charge in [-0.1, -0.05) is 0 Å². The van der Waals surface area contributed by atoms with Gasteiger partial charge < -0.3 is 5.73 Å². The third-order valence-electron chi connectivity index (χ3n) is 3.14. The highest BCUT2D eigenvalue weighted by Gasteiger charge is 2.31. The van der Waals surface area contributed by atoms with Gasteiger partial charge >= 0.3 is 6.18 Å². The lowest BCUT2D eigenvalue weighted by Crippen LogP contribution is -2.08. The van der Waals surface area contributed by atoms with E-state index in [4.69, 9.17) is 5.73 Å². The van der Waals surface area contributed by atoms with Gasteiger partial charge in [-0.25, -0.2) is 4.68 Å². The standard InChI is InChI=1S/C13H12F3N3/c14-13(15,16)9-5-10(17)7-11(6-9)19-4-3-12(18-19)8-1-2-8/h3-8H,1-2,17H2. The number of alkyl halides is 3. The van der Waals surface area contributed by atoms with Gasteiger partial charge in [-0.3, -0.25) is 0 Å². The van der Waals surface area contributed by atoms with Crippen molar-refractivity contribution in [1.82, 2.24) is 9.78 Å². The Morgan fingerprint density at radius 2 is 1.95 bits per heavy atom. The highest BCUT2D eigenvalue weighted by atomic mass is 19.4. The van der Waals surface area contributed by atoms with Crippen LogP contribution in [-0.4, -0.2) is 9.78 Å². The number of hydrogen-bond acceptors (Lipinski definition) is 2. The maximum Gasteiger partial charge on any atom is 0.416 e. The fraction of sp³-hybridized carbons (Fsp3) is 0.308. The number of nitrogen functional groups attached to an aromatic ring is 1. The zero-order valence-electron chi connectivity index (χ0n) is 9.98. The summed E-state index contributed by atoms with van der Waals surface area (Å²) in [4.78, 5) is 0. The van der Waals surface area contributed by atoms with Crippen LogP contribution >= 0.6 is 0 Å². The molecule has 0 bridgehead atoms. The lowest BCUT2D eigenvalue weighted by atomic mass is 10.1. The van der Waals surface area contributed by atoms with Crippen LogP contribution in [0.4, 0.5) is 18.9 Å². The first kappa shape index (κ1) is 12.1. The Kier molecular flexibility index (Phi) is 2.55. The van der Waals surface area contributed by atoms with Gasteiger partial charge in [0.05, 0.1) is 16.9 Å². The van der Waals surface area contributed by atoms with E-state index in [1.807, 2.05) is 6.07 Å². The molecule has 2 N–H and O–H groups in total. The van der Waals surface area contributed by atoms with Crippen LogP contribution in [0, 0.1) is 0 Å². The first-order valence-electron chi connectivity index (χ1n) is 5.97. The molecule has 1 heterocycles. The molecule has 0 spiro atoms. The second-order valence-electron chi connectivity index (χ2n) is 4.77. The van der Waals surface area contributed by atoms with Crippen molar-refractivity contribution in [2.24, 2.45) is 0 Å². The molecule has 6 heteroatoms. The topological polar surface area (TPSA) is 43.8 Å². The van der Waals surface area contributed by atoms with E-state index < -0.39 is 11.7 Å². The second-order valence-corrected chi connectivity index (χ2v) is 4.77. The van der Waals surface area contributed by atoms with Crippen LogP contribution < -0.4 is 5.73 Å². The Morgan fingerprint density at radius 3 is 2.58 bits per heavy atom. The molecule has 1 fully saturated rings. The summed E-state index contributed by atoms with van der Waals surface area (Å²) in [5.74, 6) is 0.462. The Bertz CT molecular complexity index is 612. The SMILES string of the molecule is Nc1cc(-n2ccc(C3CC3)n2)cc(C(F)(F)F)c1. The fourth-order valence-electron chi connectivity index (χ4n) is 2.01. The number of benzene rings is 1. The Labute approximate surface area is 107 Å². The zero-order chi connectivity index (χ0) is 13.6. The summed E-state index contributed by atoms with van der Waals surface area (Å²) in [6.07, 6.45) is -0.539. The zero-order valence-corrected chi connectivity index (χ0v) is 9.98. The summed E-state index contributed by atoms with van der Waals surface area (Å²) in [6.45, 7) is 0. The van der Waals surface area contributed by atoms with Gasteiger partial charge in [0.25, 0.3) is 0 Å². The number of nitrogens with zero attached hydrogens (tertiary/aromatic N) is 2. The molecular formula is C13H12F3N3. The van der Waals surface area contributed by atoms with E-state index in [0.29, 0.717) is 11.6 Å². The van der Waals surface area contributed by atoms with Gasteiger partial charge in [-0.2, -0.15) is 18.3 Å². The number of nitrogens with two attached hydrogens (primary N) is 1. The maximum atomic E-state index is 12.7. The molecule has 0 atom stereocenters. The number of aromatic nitrogens is 2. The van der Waals surface area contributed by atoms with E-state index in [2.05, 4.69) is 5.10 Å². The monoisotopic (exact) mass is 267 g/mol. The Hall–Kier alpha value is -1.98. The molecule has 1 aliphatic carbocycles. The van der Waals surface area contributed by atoms with Gasteiger partial charge in [-0.05, 0) is 37.1 Å². The average Bonchev–Trinajstić information content (AvgIpc) is 3.05. The molecule has 0 unspecified atom stereocenters. The molecule has 19 heavy (non-hydrogen) atoms. The summed E-state index contributed by atoms with van der Waals surface area (Å²) in [6, 6.07) is 5.31. The van der Waals surface area contributed by atoms with E-state index in [1.54, 1.807) is 6.20 Å². The van der Waals surface area contributed by atoms with E-state index in [1.165, 1.54) is 10.7 Å². The molecule has 1 aliphatic rings. The van der Waals surface area contributed by atoms with Gasteiger partial charge in [0.2, 0.25) is 0 Å². The summed E-state index contributed by atoms with van der Waals surface area (Å²) in [5, 5.41) is 4.30. The first-order chi connectivity index (χ1) is 8.93. The molecule has 1 aromatic carbocycles. The van der Waals surface area contributed by atoms with E-state index >= 15 is 0 Å². The molecule has 0 amide bonds. The Morgan fingerprint density at radius 1 is 1.21 bits per heavy atom. The molecule has 0 radical (unpaired) electrons. The maximum absolute atomic E-state index is 12.7. The van der Waals surface area contributed by atoms with Crippen molar-refractivity contribution < 1.29 is 13.2 Å². The lowest BCUT2D eigenvalue weighted by molar-refractivity contribution is -0.137. The number of hydrogen-bond donors (Lipinski definition) is 1. The molecule has 0 saturated heterocycles.